The van der Waals surface area contributed by atoms with Crippen LogP contribution in [-0.2, 0) is 0 Å². The Bertz CT molecular complexity index is 377. The van der Waals surface area contributed by atoms with Gasteiger partial charge in [-0.15, -0.1) is 0 Å². The maximum atomic E-state index is 11.7. The van der Waals surface area contributed by atoms with Gasteiger partial charge < -0.3 is 10.6 Å². The van der Waals surface area contributed by atoms with Crippen molar-refractivity contribution in [1.82, 2.24) is 10.6 Å². The monoisotopic (exact) mass is 330 g/mol. The Balaban J connectivity index is 1.73. The van der Waals surface area contributed by atoms with E-state index in [1.54, 1.807) is 0 Å². The lowest BCUT2D eigenvalue weighted by Gasteiger charge is -2.06. The van der Waals surface area contributed by atoms with Crippen LogP contribution in [0.2, 0.25) is 0 Å². The predicted molar refractivity (Wildman–Crippen MR) is 72.5 cm³/mol. The SMILES string of the molecule is O=C(NCCNC1CC1)c1cccc(I)c1. The third-order valence-corrected chi connectivity index (χ3v) is 3.18. The number of halogens is 1. The second-order valence-electron chi connectivity index (χ2n) is 3.99. The summed E-state index contributed by atoms with van der Waals surface area (Å²) >= 11 is 2.21. The molecule has 86 valence electrons. The van der Waals surface area contributed by atoms with Gasteiger partial charge in [-0.3, -0.25) is 4.79 Å². The van der Waals surface area contributed by atoms with E-state index >= 15 is 0 Å². The van der Waals surface area contributed by atoms with Crippen molar-refractivity contribution in [3.8, 4) is 0 Å². The molecular weight excluding hydrogens is 315 g/mol. The zero-order chi connectivity index (χ0) is 11.4. The maximum absolute atomic E-state index is 11.7. The Morgan fingerprint density at radius 1 is 1.38 bits per heavy atom. The fourth-order valence-electron chi connectivity index (χ4n) is 1.47. The number of rotatable bonds is 5. The van der Waals surface area contributed by atoms with Crippen LogP contribution in [-0.4, -0.2) is 25.0 Å². The molecule has 1 fully saturated rings. The largest absolute Gasteiger partial charge is 0.351 e. The second kappa shape index (κ2) is 5.63. The molecule has 0 bridgehead atoms. The van der Waals surface area contributed by atoms with Crippen LogP contribution < -0.4 is 10.6 Å². The summed E-state index contributed by atoms with van der Waals surface area (Å²) in [5, 5.41) is 6.26. The highest BCUT2D eigenvalue weighted by molar-refractivity contribution is 14.1. The molecule has 0 spiro atoms. The lowest BCUT2D eigenvalue weighted by atomic mass is 10.2. The molecule has 2 N–H and O–H groups in total. The lowest BCUT2D eigenvalue weighted by Crippen LogP contribution is -2.32. The van der Waals surface area contributed by atoms with Gasteiger partial charge in [0.15, 0.2) is 0 Å². The Hall–Kier alpha value is -0.620. The zero-order valence-corrected chi connectivity index (χ0v) is 11.2. The van der Waals surface area contributed by atoms with Crippen molar-refractivity contribution in [3.05, 3.63) is 33.4 Å². The molecule has 1 aromatic carbocycles. The lowest BCUT2D eigenvalue weighted by molar-refractivity contribution is 0.0954. The molecular formula is C12H15IN2O. The van der Waals surface area contributed by atoms with Crippen LogP contribution in [0, 0.1) is 3.57 Å². The second-order valence-corrected chi connectivity index (χ2v) is 5.24. The molecule has 1 amide bonds. The number of nitrogens with one attached hydrogen (secondary N) is 2. The summed E-state index contributed by atoms with van der Waals surface area (Å²) in [5.74, 6) is 0.0103. The molecule has 0 aliphatic heterocycles. The highest BCUT2D eigenvalue weighted by atomic mass is 127. The molecule has 0 atom stereocenters. The van der Waals surface area contributed by atoms with E-state index in [4.69, 9.17) is 0 Å². The topological polar surface area (TPSA) is 41.1 Å². The van der Waals surface area contributed by atoms with E-state index in [1.165, 1.54) is 12.8 Å². The van der Waals surface area contributed by atoms with Gasteiger partial charge in [0.2, 0.25) is 0 Å². The molecule has 16 heavy (non-hydrogen) atoms. The van der Waals surface area contributed by atoms with E-state index in [9.17, 15) is 4.79 Å². The van der Waals surface area contributed by atoms with Crippen LogP contribution in [0.1, 0.15) is 23.2 Å². The predicted octanol–water partition coefficient (Wildman–Crippen LogP) is 1.77. The standard InChI is InChI=1S/C12H15IN2O/c13-10-3-1-2-9(8-10)12(16)15-7-6-14-11-4-5-11/h1-3,8,11,14H,4-7H2,(H,15,16). The Labute approximate surface area is 109 Å². The highest BCUT2D eigenvalue weighted by Gasteiger charge is 2.19. The van der Waals surface area contributed by atoms with Crippen molar-refractivity contribution >= 4 is 28.5 Å². The van der Waals surface area contributed by atoms with Gasteiger partial charge in [0.05, 0.1) is 0 Å². The van der Waals surface area contributed by atoms with Crippen molar-refractivity contribution in [2.24, 2.45) is 0 Å². The summed E-state index contributed by atoms with van der Waals surface area (Å²) in [5.41, 5.74) is 0.735. The molecule has 3 nitrogen and oxygen atoms in total. The third kappa shape index (κ3) is 3.75. The molecule has 0 aromatic heterocycles. The third-order valence-electron chi connectivity index (χ3n) is 2.51. The summed E-state index contributed by atoms with van der Waals surface area (Å²) in [6.07, 6.45) is 2.57. The van der Waals surface area contributed by atoms with Gasteiger partial charge in [0.25, 0.3) is 5.91 Å². The summed E-state index contributed by atoms with van der Waals surface area (Å²) in [6.45, 7) is 1.56. The molecule has 0 unspecified atom stereocenters. The summed E-state index contributed by atoms with van der Waals surface area (Å²) < 4.78 is 1.08. The minimum Gasteiger partial charge on any atom is -0.351 e. The van der Waals surface area contributed by atoms with E-state index < -0.39 is 0 Å². The van der Waals surface area contributed by atoms with E-state index in [0.717, 1.165) is 15.7 Å². The molecule has 2 rings (SSSR count). The van der Waals surface area contributed by atoms with Gasteiger partial charge in [0, 0.05) is 28.3 Å². The number of amides is 1. The van der Waals surface area contributed by atoms with Gasteiger partial charge in [-0.05, 0) is 53.6 Å². The Kier molecular flexibility index (Phi) is 4.17. The highest BCUT2D eigenvalue weighted by Crippen LogP contribution is 2.17. The molecule has 1 saturated carbocycles. The van der Waals surface area contributed by atoms with Crippen molar-refractivity contribution in [2.45, 2.75) is 18.9 Å². The van der Waals surface area contributed by atoms with Crippen LogP contribution >= 0.6 is 22.6 Å². The molecule has 0 saturated heterocycles. The smallest absolute Gasteiger partial charge is 0.251 e. The average molecular weight is 330 g/mol. The first-order chi connectivity index (χ1) is 7.75. The number of carbonyl (C=O) groups excluding carboxylic acids is 1. The molecule has 1 aliphatic rings. The number of benzene rings is 1. The quantitative estimate of drug-likeness (QED) is 0.638. The molecule has 0 heterocycles. The van der Waals surface area contributed by atoms with Crippen LogP contribution in [0.4, 0.5) is 0 Å². The van der Waals surface area contributed by atoms with Crippen LogP contribution in [0.5, 0.6) is 0 Å². The number of hydrogen-bond acceptors (Lipinski definition) is 2. The first-order valence-corrected chi connectivity index (χ1v) is 6.61. The van der Waals surface area contributed by atoms with Crippen molar-refractivity contribution in [1.29, 1.82) is 0 Å². The molecule has 1 aliphatic carbocycles. The normalized spacial score (nSPS) is 14.8. The first kappa shape index (κ1) is 11.9. The average Bonchev–Trinajstić information content (AvgIpc) is 3.08. The Morgan fingerprint density at radius 2 is 2.19 bits per heavy atom. The van der Waals surface area contributed by atoms with E-state index in [-0.39, 0.29) is 5.91 Å². The van der Waals surface area contributed by atoms with Gasteiger partial charge in [-0.25, -0.2) is 0 Å². The molecule has 1 aromatic rings. The first-order valence-electron chi connectivity index (χ1n) is 5.53. The van der Waals surface area contributed by atoms with Crippen LogP contribution in [0.15, 0.2) is 24.3 Å². The minimum absolute atomic E-state index is 0.0103. The van der Waals surface area contributed by atoms with Gasteiger partial charge in [-0.1, -0.05) is 6.07 Å². The van der Waals surface area contributed by atoms with Gasteiger partial charge in [-0.2, -0.15) is 0 Å². The number of hydrogen-bond donors (Lipinski definition) is 2. The number of carbonyl (C=O) groups is 1. The van der Waals surface area contributed by atoms with Gasteiger partial charge >= 0.3 is 0 Å². The fourth-order valence-corrected chi connectivity index (χ4v) is 2.01. The van der Waals surface area contributed by atoms with Crippen molar-refractivity contribution < 1.29 is 4.79 Å². The minimum atomic E-state index is 0.0103. The van der Waals surface area contributed by atoms with Crippen molar-refractivity contribution in [2.75, 3.05) is 13.1 Å². The molecule has 4 heteroatoms. The summed E-state index contributed by atoms with van der Waals surface area (Å²) in [4.78, 5) is 11.7. The van der Waals surface area contributed by atoms with E-state index in [1.807, 2.05) is 24.3 Å². The van der Waals surface area contributed by atoms with E-state index in [0.29, 0.717) is 12.6 Å². The summed E-state index contributed by atoms with van der Waals surface area (Å²) in [6, 6.07) is 8.32. The van der Waals surface area contributed by atoms with Gasteiger partial charge in [0.1, 0.15) is 0 Å². The van der Waals surface area contributed by atoms with Crippen LogP contribution in [0.25, 0.3) is 0 Å². The summed E-state index contributed by atoms with van der Waals surface area (Å²) in [7, 11) is 0. The van der Waals surface area contributed by atoms with Crippen molar-refractivity contribution in [3.63, 3.8) is 0 Å². The zero-order valence-electron chi connectivity index (χ0n) is 9.00. The fraction of sp³-hybridized carbons (Fsp3) is 0.417. The Morgan fingerprint density at radius 3 is 2.88 bits per heavy atom. The molecule has 0 radical (unpaired) electrons. The van der Waals surface area contributed by atoms with E-state index in [2.05, 4.69) is 33.2 Å². The van der Waals surface area contributed by atoms with Crippen LogP contribution in [0.3, 0.4) is 0 Å². The maximum Gasteiger partial charge on any atom is 0.251 e.